The minimum absolute atomic E-state index is 0.0517. The van der Waals surface area contributed by atoms with Crippen molar-refractivity contribution in [2.45, 2.75) is 26.2 Å². The Morgan fingerprint density at radius 2 is 2.29 bits per heavy atom. The molecule has 0 saturated heterocycles. The number of H-pyrrole nitrogens is 1. The Balaban J connectivity index is 2.41. The van der Waals surface area contributed by atoms with Crippen LogP contribution < -0.4 is 5.56 Å². The van der Waals surface area contributed by atoms with Crippen LogP contribution in [0.15, 0.2) is 4.79 Å². The number of thiophene rings is 1. The van der Waals surface area contributed by atoms with Gasteiger partial charge in [-0.2, -0.15) is 0 Å². The summed E-state index contributed by atoms with van der Waals surface area (Å²) in [5.74, 6) is 0.724. The number of hydrogen-bond acceptors (Lipinski definition) is 3. The Morgan fingerprint density at radius 1 is 1.53 bits per heavy atom. The molecule has 0 fully saturated rings. The Labute approximate surface area is 108 Å². The van der Waals surface area contributed by atoms with Gasteiger partial charge in [-0.1, -0.05) is 6.92 Å². The summed E-state index contributed by atoms with van der Waals surface area (Å²) in [4.78, 5) is 17.7. The van der Waals surface area contributed by atoms with Crippen molar-refractivity contribution in [2.24, 2.45) is 13.0 Å². The van der Waals surface area contributed by atoms with Crippen LogP contribution in [0.4, 0.5) is 0 Å². The van der Waals surface area contributed by atoms with Gasteiger partial charge >= 0.3 is 0 Å². The molecule has 0 amide bonds. The van der Waals surface area contributed by atoms with E-state index in [0.29, 0.717) is 4.77 Å². The minimum Gasteiger partial charge on any atom is -0.323 e. The number of hydrogen-bond donors (Lipinski definition) is 1. The molecule has 17 heavy (non-hydrogen) atoms. The zero-order valence-electron chi connectivity index (χ0n) is 9.87. The van der Waals surface area contributed by atoms with Gasteiger partial charge in [-0.05, 0) is 43.0 Å². The van der Waals surface area contributed by atoms with Crippen molar-refractivity contribution in [1.29, 1.82) is 0 Å². The third-order valence-electron chi connectivity index (χ3n) is 3.56. The Bertz CT molecular complexity index is 708. The fourth-order valence-corrected chi connectivity index (χ4v) is 4.16. The van der Waals surface area contributed by atoms with Gasteiger partial charge in [-0.3, -0.25) is 9.36 Å². The predicted molar refractivity (Wildman–Crippen MR) is 73.4 cm³/mol. The molecule has 2 heterocycles. The topological polar surface area (TPSA) is 37.8 Å². The number of rotatable bonds is 0. The second kappa shape index (κ2) is 3.78. The maximum Gasteiger partial charge on any atom is 0.263 e. The van der Waals surface area contributed by atoms with Crippen molar-refractivity contribution in [3.05, 3.63) is 25.6 Å². The van der Waals surface area contributed by atoms with Crippen LogP contribution in [-0.4, -0.2) is 9.55 Å². The molecule has 0 aliphatic heterocycles. The maximum absolute atomic E-state index is 12.2. The highest BCUT2D eigenvalue weighted by atomic mass is 32.1. The third kappa shape index (κ3) is 1.60. The predicted octanol–water partition coefficient (Wildman–Crippen LogP) is 2.78. The summed E-state index contributed by atoms with van der Waals surface area (Å²) in [6.07, 6.45) is 3.30. The van der Waals surface area contributed by atoms with Crippen LogP contribution in [0.2, 0.25) is 0 Å². The highest BCUT2D eigenvalue weighted by Gasteiger charge is 2.22. The summed E-state index contributed by atoms with van der Waals surface area (Å²) in [6.45, 7) is 2.27. The highest BCUT2D eigenvalue weighted by Crippen LogP contribution is 2.35. The molecule has 3 nitrogen and oxygen atoms in total. The van der Waals surface area contributed by atoms with Gasteiger partial charge < -0.3 is 4.98 Å². The largest absolute Gasteiger partial charge is 0.323 e. The van der Waals surface area contributed by atoms with E-state index >= 15 is 0 Å². The van der Waals surface area contributed by atoms with Crippen LogP contribution in [0.25, 0.3) is 10.2 Å². The molecule has 90 valence electrons. The lowest BCUT2D eigenvalue weighted by Gasteiger charge is -2.17. The molecule has 1 aliphatic rings. The van der Waals surface area contributed by atoms with Crippen molar-refractivity contribution >= 4 is 33.8 Å². The van der Waals surface area contributed by atoms with Gasteiger partial charge in [0, 0.05) is 11.9 Å². The lowest BCUT2D eigenvalue weighted by Crippen LogP contribution is -2.19. The van der Waals surface area contributed by atoms with Crippen LogP contribution in [0.1, 0.15) is 23.8 Å². The van der Waals surface area contributed by atoms with Crippen molar-refractivity contribution in [3.63, 3.8) is 0 Å². The van der Waals surface area contributed by atoms with Gasteiger partial charge in [0.05, 0.1) is 5.39 Å². The van der Waals surface area contributed by atoms with E-state index in [1.165, 1.54) is 21.4 Å². The van der Waals surface area contributed by atoms with Crippen molar-refractivity contribution in [1.82, 2.24) is 9.55 Å². The van der Waals surface area contributed by atoms with E-state index in [9.17, 15) is 4.79 Å². The minimum atomic E-state index is 0.0517. The van der Waals surface area contributed by atoms with Gasteiger partial charge in [-0.25, -0.2) is 0 Å². The summed E-state index contributed by atoms with van der Waals surface area (Å²) in [5, 5.41) is 0.869. The van der Waals surface area contributed by atoms with Gasteiger partial charge in [0.2, 0.25) is 0 Å². The molecule has 1 atom stereocenters. The zero-order valence-corrected chi connectivity index (χ0v) is 11.5. The first kappa shape index (κ1) is 11.2. The van der Waals surface area contributed by atoms with E-state index in [1.807, 2.05) is 0 Å². The van der Waals surface area contributed by atoms with E-state index in [-0.39, 0.29) is 5.56 Å². The van der Waals surface area contributed by atoms with E-state index in [2.05, 4.69) is 11.9 Å². The number of nitrogens with zero attached hydrogens (tertiary/aromatic N) is 1. The normalized spacial score (nSPS) is 19.5. The van der Waals surface area contributed by atoms with E-state index in [4.69, 9.17) is 12.2 Å². The van der Waals surface area contributed by atoms with E-state index < -0.39 is 0 Å². The quantitative estimate of drug-likeness (QED) is 0.745. The maximum atomic E-state index is 12.2. The van der Waals surface area contributed by atoms with Crippen molar-refractivity contribution in [2.75, 3.05) is 0 Å². The lowest BCUT2D eigenvalue weighted by molar-refractivity contribution is 0.509. The van der Waals surface area contributed by atoms with Gasteiger partial charge in [0.1, 0.15) is 4.83 Å². The van der Waals surface area contributed by atoms with Crippen LogP contribution in [0, 0.1) is 10.7 Å². The Kier molecular flexibility index (Phi) is 2.48. The molecule has 1 N–H and O–H groups in total. The average Bonchev–Trinajstić information content (AvgIpc) is 2.63. The molecular weight excluding hydrogens is 252 g/mol. The van der Waals surface area contributed by atoms with Crippen molar-refractivity contribution < 1.29 is 0 Å². The third-order valence-corrected chi connectivity index (χ3v) is 5.10. The molecule has 2 aromatic heterocycles. The molecule has 0 saturated carbocycles. The zero-order chi connectivity index (χ0) is 12.2. The smallest absolute Gasteiger partial charge is 0.263 e. The standard InChI is InChI=1S/C12H14N2OS2/c1-6-3-4-7-8(5-6)17-10-9(7)11(15)14(2)12(16)13-10/h6H,3-5H2,1-2H3,(H,13,16)/t6-/m0/s1. The van der Waals surface area contributed by atoms with Crippen LogP contribution in [0.5, 0.6) is 0 Å². The number of aromatic amines is 1. The van der Waals surface area contributed by atoms with Gasteiger partial charge in [-0.15, -0.1) is 11.3 Å². The molecule has 3 rings (SSSR count). The summed E-state index contributed by atoms with van der Waals surface area (Å²) in [5.41, 5.74) is 1.31. The summed E-state index contributed by atoms with van der Waals surface area (Å²) in [6, 6.07) is 0. The second-order valence-corrected chi connectivity index (χ2v) is 6.34. The number of aryl methyl sites for hydroxylation is 1. The Hall–Kier alpha value is -0.940. The fourth-order valence-electron chi connectivity index (χ4n) is 2.51. The molecule has 5 heteroatoms. The summed E-state index contributed by atoms with van der Waals surface area (Å²) >= 11 is 6.85. The highest BCUT2D eigenvalue weighted by molar-refractivity contribution is 7.71. The summed E-state index contributed by atoms with van der Waals surface area (Å²) < 4.78 is 2.04. The molecular formula is C12H14N2OS2. The van der Waals surface area contributed by atoms with Crippen LogP contribution in [0.3, 0.4) is 0 Å². The molecule has 0 unspecified atom stereocenters. The van der Waals surface area contributed by atoms with Gasteiger partial charge in [0.25, 0.3) is 5.56 Å². The number of fused-ring (bicyclic) bond motifs is 3. The SMILES string of the molecule is C[C@H]1CCc2c(sc3[nH]c(=S)n(C)c(=O)c23)C1. The molecule has 0 bridgehead atoms. The first-order chi connectivity index (χ1) is 8.08. The van der Waals surface area contributed by atoms with Gasteiger partial charge in [0.15, 0.2) is 4.77 Å². The molecule has 0 aromatic carbocycles. The first-order valence-electron chi connectivity index (χ1n) is 5.81. The average molecular weight is 266 g/mol. The van der Waals surface area contributed by atoms with E-state index in [1.54, 1.807) is 18.4 Å². The fraction of sp³-hybridized carbons (Fsp3) is 0.500. The number of nitrogens with one attached hydrogen (secondary N) is 1. The van der Waals surface area contributed by atoms with Crippen LogP contribution in [-0.2, 0) is 19.9 Å². The van der Waals surface area contributed by atoms with E-state index in [0.717, 1.165) is 29.0 Å². The summed E-state index contributed by atoms with van der Waals surface area (Å²) in [7, 11) is 1.73. The molecule has 2 aromatic rings. The van der Waals surface area contributed by atoms with Crippen molar-refractivity contribution in [3.8, 4) is 0 Å². The Morgan fingerprint density at radius 3 is 3.06 bits per heavy atom. The monoisotopic (exact) mass is 266 g/mol. The molecule has 0 radical (unpaired) electrons. The molecule has 0 spiro atoms. The lowest BCUT2D eigenvalue weighted by atomic mass is 9.89. The van der Waals surface area contributed by atoms with Crippen LogP contribution >= 0.6 is 23.6 Å². The number of aromatic nitrogens is 2. The molecule has 1 aliphatic carbocycles. The first-order valence-corrected chi connectivity index (χ1v) is 7.04. The second-order valence-electron chi connectivity index (χ2n) is 4.85.